The number of carbonyl (C=O) groups excluding carboxylic acids is 1. The minimum Gasteiger partial charge on any atom is -0.507 e. The predicted molar refractivity (Wildman–Crippen MR) is 149 cm³/mol. The Bertz CT molecular complexity index is 678. The summed E-state index contributed by atoms with van der Waals surface area (Å²) in [5.41, 5.74) is 2.80. The van der Waals surface area contributed by atoms with Crippen molar-refractivity contribution < 1.29 is 14.6 Å². The average molecular weight is 493 g/mol. The average Bonchev–Trinajstić information content (AvgIpc) is 2.73. The molecule has 4 heteroatoms. The summed E-state index contributed by atoms with van der Waals surface area (Å²) in [4.78, 5) is 12.1. The Labute approximate surface area is 214 Å². The zero-order chi connectivity index (χ0) is 25.6. The number of aromatic hydroxyl groups is 1. The highest BCUT2D eigenvalue weighted by Crippen LogP contribution is 2.40. The number of carbonyl (C=O) groups is 1. The zero-order valence-corrected chi connectivity index (χ0v) is 24.0. The molecule has 1 aromatic rings. The van der Waals surface area contributed by atoms with Crippen LogP contribution in [0.5, 0.6) is 5.75 Å². The number of phenolic OH excluding ortho intramolecular Hbond substituents is 1. The van der Waals surface area contributed by atoms with E-state index in [2.05, 4.69) is 60.6 Å². The number of ether oxygens (including phenoxy) is 1. The van der Waals surface area contributed by atoms with E-state index in [0.29, 0.717) is 18.1 Å². The lowest BCUT2D eigenvalue weighted by molar-refractivity contribution is -0.140. The molecule has 3 nitrogen and oxygen atoms in total. The van der Waals surface area contributed by atoms with Crippen molar-refractivity contribution >= 4 is 17.7 Å². The van der Waals surface area contributed by atoms with Crippen molar-refractivity contribution in [2.24, 2.45) is 0 Å². The highest BCUT2D eigenvalue weighted by molar-refractivity contribution is 7.99. The van der Waals surface area contributed by atoms with Crippen LogP contribution in [0.25, 0.3) is 0 Å². The molecule has 0 radical (unpaired) electrons. The topological polar surface area (TPSA) is 46.5 Å². The van der Waals surface area contributed by atoms with Gasteiger partial charge in [0.05, 0.1) is 12.4 Å². The first-order valence-corrected chi connectivity index (χ1v) is 14.7. The summed E-state index contributed by atoms with van der Waals surface area (Å²) in [5, 5.41) is 10.9. The minimum atomic E-state index is -0.141. The van der Waals surface area contributed by atoms with Crippen LogP contribution in [0.15, 0.2) is 12.1 Å². The Kier molecular flexibility index (Phi) is 14.3. The van der Waals surface area contributed by atoms with Crippen LogP contribution in [0.3, 0.4) is 0 Å². The van der Waals surface area contributed by atoms with Gasteiger partial charge >= 0.3 is 5.97 Å². The molecule has 0 aromatic heterocycles. The van der Waals surface area contributed by atoms with Crippen molar-refractivity contribution in [3.8, 4) is 5.75 Å². The third-order valence-corrected chi connectivity index (χ3v) is 7.26. The zero-order valence-electron chi connectivity index (χ0n) is 23.2. The van der Waals surface area contributed by atoms with E-state index >= 15 is 0 Å². The standard InChI is InChI=1S/C30H52O3S/c1-8-9-10-11-12-13-14-15-16-17-18-19-33-27(31)23-34-22-24-20-25(29(2,3)4)28(32)26(21-24)30(5,6)7/h20-21,32H,8-19,22-23H2,1-7H3. The molecule has 0 bridgehead atoms. The van der Waals surface area contributed by atoms with Gasteiger partial charge in [-0.3, -0.25) is 4.79 Å². The van der Waals surface area contributed by atoms with Gasteiger partial charge in [0, 0.05) is 5.75 Å². The van der Waals surface area contributed by atoms with E-state index < -0.39 is 0 Å². The second-order valence-electron chi connectivity index (χ2n) is 11.8. The second-order valence-corrected chi connectivity index (χ2v) is 12.8. The number of hydrogen-bond donors (Lipinski definition) is 1. The Hall–Kier alpha value is -1.16. The van der Waals surface area contributed by atoms with E-state index in [1.807, 2.05) is 0 Å². The largest absolute Gasteiger partial charge is 0.507 e. The van der Waals surface area contributed by atoms with Crippen LogP contribution < -0.4 is 0 Å². The van der Waals surface area contributed by atoms with Gasteiger partial charge in [0.1, 0.15) is 5.75 Å². The number of phenols is 1. The summed E-state index contributed by atoms with van der Waals surface area (Å²) >= 11 is 1.59. The number of esters is 1. The molecule has 1 N–H and O–H groups in total. The number of rotatable bonds is 16. The molecule has 0 aliphatic heterocycles. The molecular formula is C30H52O3S. The van der Waals surface area contributed by atoms with Crippen molar-refractivity contribution in [1.29, 1.82) is 0 Å². The maximum Gasteiger partial charge on any atom is 0.315 e. The van der Waals surface area contributed by atoms with Crippen molar-refractivity contribution in [2.75, 3.05) is 12.4 Å². The van der Waals surface area contributed by atoms with Gasteiger partial charge in [0.2, 0.25) is 0 Å². The van der Waals surface area contributed by atoms with Crippen LogP contribution in [-0.2, 0) is 26.1 Å². The van der Waals surface area contributed by atoms with Crippen LogP contribution in [-0.4, -0.2) is 23.4 Å². The molecule has 34 heavy (non-hydrogen) atoms. The maximum atomic E-state index is 12.1. The van der Waals surface area contributed by atoms with Crippen molar-refractivity contribution in [3.05, 3.63) is 28.8 Å². The Morgan fingerprint density at radius 1 is 0.794 bits per heavy atom. The summed E-state index contributed by atoms with van der Waals surface area (Å²) in [7, 11) is 0. The van der Waals surface area contributed by atoms with E-state index in [4.69, 9.17) is 4.74 Å². The molecule has 0 aliphatic carbocycles. The SMILES string of the molecule is CCCCCCCCCCCCCOC(=O)CSCc1cc(C(C)(C)C)c(O)c(C(C)(C)C)c1. The Balaban J connectivity index is 2.28. The molecule has 0 spiro atoms. The first-order chi connectivity index (χ1) is 16.0. The maximum absolute atomic E-state index is 12.1. The van der Waals surface area contributed by atoms with E-state index in [1.165, 1.54) is 57.8 Å². The molecular weight excluding hydrogens is 440 g/mol. The fourth-order valence-electron chi connectivity index (χ4n) is 4.17. The van der Waals surface area contributed by atoms with Crippen LogP contribution in [0.1, 0.15) is 136 Å². The molecule has 1 aromatic carbocycles. The van der Waals surface area contributed by atoms with Gasteiger partial charge in [-0.15, -0.1) is 11.8 Å². The van der Waals surface area contributed by atoms with Crippen molar-refractivity contribution in [3.63, 3.8) is 0 Å². The second kappa shape index (κ2) is 15.8. The number of hydrogen-bond acceptors (Lipinski definition) is 4. The normalized spacial score (nSPS) is 12.2. The van der Waals surface area contributed by atoms with Gasteiger partial charge in [0.25, 0.3) is 0 Å². The molecule has 196 valence electrons. The number of benzene rings is 1. The van der Waals surface area contributed by atoms with Crippen LogP contribution in [0.2, 0.25) is 0 Å². The van der Waals surface area contributed by atoms with E-state index in [1.54, 1.807) is 11.8 Å². The molecule has 0 unspecified atom stereocenters. The van der Waals surface area contributed by atoms with Crippen LogP contribution in [0, 0.1) is 0 Å². The van der Waals surface area contributed by atoms with E-state index in [-0.39, 0.29) is 16.8 Å². The highest BCUT2D eigenvalue weighted by atomic mass is 32.2. The fraction of sp³-hybridized carbons (Fsp3) is 0.767. The summed E-state index contributed by atoms with van der Waals surface area (Å²) in [5.74, 6) is 1.39. The summed E-state index contributed by atoms with van der Waals surface area (Å²) in [6.45, 7) is 15.5. The fourth-order valence-corrected chi connectivity index (χ4v) is 4.92. The number of unbranched alkanes of at least 4 members (excludes halogenated alkanes) is 10. The molecule has 0 atom stereocenters. The lowest BCUT2D eigenvalue weighted by Gasteiger charge is -2.28. The lowest BCUT2D eigenvalue weighted by atomic mass is 9.78. The lowest BCUT2D eigenvalue weighted by Crippen LogP contribution is -2.18. The Morgan fingerprint density at radius 2 is 1.24 bits per heavy atom. The van der Waals surface area contributed by atoms with Gasteiger partial charge in [-0.2, -0.15) is 0 Å². The quantitative estimate of drug-likeness (QED) is 0.185. The van der Waals surface area contributed by atoms with Gasteiger partial charge < -0.3 is 9.84 Å². The molecule has 0 fully saturated rings. The smallest absolute Gasteiger partial charge is 0.315 e. The first kappa shape index (κ1) is 30.9. The first-order valence-electron chi connectivity index (χ1n) is 13.6. The summed E-state index contributed by atoms with van der Waals surface area (Å²) in [6.07, 6.45) is 14.2. The van der Waals surface area contributed by atoms with Crippen molar-refractivity contribution in [2.45, 2.75) is 136 Å². The van der Waals surface area contributed by atoms with Gasteiger partial charge in [-0.25, -0.2) is 0 Å². The predicted octanol–water partition coefficient (Wildman–Crippen LogP) is 9.07. The van der Waals surface area contributed by atoms with Crippen molar-refractivity contribution in [1.82, 2.24) is 0 Å². The highest BCUT2D eigenvalue weighted by Gasteiger charge is 2.26. The van der Waals surface area contributed by atoms with Gasteiger partial charge in [-0.1, -0.05) is 125 Å². The monoisotopic (exact) mass is 492 g/mol. The van der Waals surface area contributed by atoms with Crippen LogP contribution >= 0.6 is 11.8 Å². The molecule has 0 heterocycles. The molecule has 0 aliphatic rings. The molecule has 1 rings (SSSR count). The minimum absolute atomic E-state index is 0.122. The van der Waals surface area contributed by atoms with Gasteiger partial charge in [0.15, 0.2) is 0 Å². The summed E-state index contributed by atoms with van der Waals surface area (Å²) in [6, 6.07) is 4.18. The van der Waals surface area contributed by atoms with E-state index in [9.17, 15) is 9.90 Å². The Morgan fingerprint density at radius 3 is 1.68 bits per heavy atom. The third-order valence-electron chi connectivity index (χ3n) is 6.29. The van der Waals surface area contributed by atoms with E-state index in [0.717, 1.165) is 35.3 Å². The van der Waals surface area contributed by atoms with Gasteiger partial charge in [-0.05, 0) is 33.9 Å². The molecule has 0 saturated carbocycles. The molecule has 0 amide bonds. The number of thioether (sulfide) groups is 1. The summed E-state index contributed by atoms with van der Waals surface area (Å²) < 4.78 is 5.44. The molecule has 0 saturated heterocycles. The third kappa shape index (κ3) is 12.5. The van der Waals surface area contributed by atoms with Crippen LogP contribution in [0.4, 0.5) is 0 Å².